The molecule has 46 heavy (non-hydrogen) atoms. The predicted octanol–water partition coefficient (Wildman–Crippen LogP) is 15.4. The molecular weight excluding hydrogens is 558 g/mol. The highest BCUT2D eigenvalue weighted by molar-refractivity contribution is 4.60. The van der Waals surface area contributed by atoms with Gasteiger partial charge in [-0.3, -0.25) is 0 Å². The normalized spacial score (nSPS) is 11.7. The summed E-state index contributed by atoms with van der Waals surface area (Å²) in [5.74, 6) is 0. The highest BCUT2D eigenvalue weighted by Crippen LogP contribution is 2.15. The van der Waals surface area contributed by atoms with Crippen LogP contribution in [0.1, 0.15) is 252 Å². The molecule has 0 aliphatic carbocycles. The SMILES string of the molecule is CCCCCCCCCCCCCCOCCN(CCCCCCCCCCCCCC)CCCCCCCCCCCCCC. The second kappa shape index (κ2) is 42.9. The highest BCUT2D eigenvalue weighted by Gasteiger charge is 2.06. The van der Waals surface area contributed by atoms with E-state index in [2.05, 4.69) is 25.7 Å². The zero-order valence-corrected chi connectivity index (χ0v) is 32.8. The maximum absolute atomic E-state index is 6.14. The summed E-state index contributed by atoms with van der Waals surface area (Å²) in [5, 5.41) is 0. The molecule has 0 fully saturated rings. The molecule has 0 amide bonds. The molecule has 0 aliphatic heterocycles. The van der Waals surface area contributed by atoms with E-state index in [9.17, 15) is 0 Å². The molecule has 278 valence electrons. The fourth-order valence-electron chi connectivity index (χ4n) is 7.03. The Hall–Kier alpha value is -0.0800. The summed E-state index contributed by atoms with van der Waals surface area (Å²) in [7, 11) is 0. The van der Waals surface area contributed by atoms with E-state index in [1.54, 1.807) is 0 Å². The quantitative estimate of drug-likeness (QED) is 0.0610. The molecule has 0 aromatic rings. The lowest BCUT2D eigenvalue weighted by molar-refractivity contribution is 0.0989. The lowest BCUT2D eigenvalue weighted by Gasteiger charge is -2.22. The van der Waals surface area contributed by atoms with Crippen molar-refractivity contribution in [3.63, 3.8) is 0 Å². The minimum atomic E-state index is 0.939. The summed E-state index contributed by atoms with van der Waals surface area (Å²) in [5.41, 5.74) is 0. The van der Waals surface area contributed by atoms with Crippen molar-refractivity contribution in [2.24, 2.45) is 0 Å². The molecule has 0 aromatic carbocycles. The van der Waals surface area contributed by atoms with Crippen LogP contribution in [0.25, 0.3) is 0 Å². The number of nitrogens with zero attached hydrogens (tertiary/aromatic N) is 1. The van der Waals surface area contributed by atoms with E-state index in [1.165, 1.54) is 244 Å². The van der Waals surface area contributed by atoms with Crippen molar-refractivity contribution in [3.05, 3.63) is 0 Å². The van der Waals surface area contributed by atoms with Gasteiger partial charge in [0.1, 0.15) is 0 Å². The molecule has 0 saturated heterocycles. The summed E-state index contributed by atoms with van der Waals surface area (Å²) < 4.78 is 6.14. The minimum Gasteiger partial charge on any atom is -0.380 e. The van der Waals surface area contributed by atoms with Crippen LogP contribution in [0.2, 0.25) is 0 Å². The Labute approximate surface area is 293 Å². The average molecular weight is 650 g/mol. The van der Waals surface area contributed by atoms with Crippen molar-refractivity contribution in [2.75, 3.05) is 32.8 Å². The first-order valence-corrected chi connectivity index (χ1v) is 22.1. The molecule has 0 atom stereocenters. The van der Waals surface area contributed by atoms with Crippen LogP contribution in [-0.2, 0) is 4.74 Å². The molecule has 0 aromatic heterocycles. The third-order valence-electron chi connectivity index (χ3n) is 10.3. The Morgan fingerprint density at radius 2 is 0.478 bits per heavy atom. The third-order valence-corrected chi connectivity index (χ3v) is 10.3. The molecule has 0 rings (SSSR count). The van der Waals surface area contributed by atoms with Crippen molar-refractivity contribution in [3.8, 4) is 0 Å². The first kappa shape index (κ1) is 45.9. The van der Waals surface area contributed by atoms with Crippen LogP contribution < -0.4 is 0 Å². The van der Waals surface area contributed by atoms with Crippen molar-refractivity contribution in [1.82, 2.24) is 4.90 Å². The van der Waals surface area contributed by atoms with Crippen LogP contribution in [0.4, 0.5) is 0 Å². The number of hydrogen-bond donors (Lipinski definition) is 0. The van der Waals surface area contributed by atoms with Gasteiger partial charge < -0.3 is 9.64 Å². The molecule has 0 heterocycles. The van der Waals surface area contributed by atoms with Gasteiger partial charge in [0.25, 0.3) is 0 Å². The van der Waals surface area contributed by atoms with Gasteiger partial charge in [-0.15, -0.1) is 0 Å². The summed E-state index contributed by atoms with van der Waals surface area (Å²) in [4.78, 5) is 2.74. The number of rotatable bonds is 42. The lowest BCUT2D eigenvalue weighted by Crippen LogP contribution is -2.30. The van der Waals surface area contributed by atoms with Gasteiger partial charge in [-0.25, -0.2) is 0 Å². The van der Waals surface area contributed by atoms with E-state index in [0.29, 0.717) is 0 Å². The van der Waals surface area contributed by atoms with Gasteiger partial charge in [-0.05, 0) is 32.4 Å². The average Bonchev–Trinajstić information content (AvgIpc) is 3.07. The van der Waals surface area contributed by atoms with Crippen molar-refractivity contribution < 1.29 is 4.74 Å². The fraction of sp³-hybridized carbons (Fsp3) is 1.00. The Kier molecular flexibility index (Phi) is 42.9. The van der Waals surface area contributed by atoms with Crippen LogP contribution in [0.3, 0.4) is 0 Å². The number of unbranched alkanes of at least 4 members (excludes halogenated alkanes) is 33. The maximum atomic E-state index is 6.14. The van der Waals surface area contributed by atoms with Crippen molar-refractivity contribution in [1.29, 1.82) is 0 Å². The first-order chi connectivity index (χ1) is 22.8. The third kappa shape index (κ3) is 40.1. The van der Waals surface area contributed by atoms with E-state index in [-0.39, 0.29) is 0 Å². The monoisotopic (exact) mass is 650 g/mol. The number of ether oxygens (including phenoxy) is 1. The second-order valence-electron chi connectivity index (χ2n) is 15.1. The molecule has 0 N–H and O–H groups in total. The van der Waals surface area contributed by atoms with Gasteiger partial charge >= 0.3 is 0 Å². The van der Waals surface area contributed by atoms with Crippen molar-refractivity contribution >= 4 is 0 Å². The van der Waals surface area contributed by atoms with Gasteiger partial charge in [0.2, 0.25) is 0 Å². The Morgan fingerprint density at radius 3 is 0.761 bits per heavy atom. The highest BCUT2D eigenvalue weighted by atomic mass is 16.5. The Bertz CT molecular complexity index is 480. The molecule has 0 saturated carbocycles. The molecule has 0 radical (unpaired) electrons. The standard InChI is InChI=1S/C44H91NO/c1-4-7-10-13-16-19-22-25-28-31-34-37-40-45(41-38-35-32-29-26-23-20-17-14-11-8-5-2)42-44-46-43-39-36-33-30-27-24-21-18-15-12-9-6-3/h4-44H2,1-3H3. The summed E-state index contributed by atoms with van der Waals surface area (Å²) in [6.45, 7) is 12.6. The van der Waals surface area contributed by atoms with Gasteiger partial charge in [0, 0.05) is 13.2 Å². The van der Waals surface area contributed by atoms with Gasteiger partial charge in [-0.1, -0.05) is 233 Å². The van der Waals surface area contributed by atoms with Crippen LogP contribution in [0.5, 0.6) is 0 Å². The first-order valence-electron chi connectivity index (χ1n) is 22.1. The second-order valence-corrected chi connectivity index (χ2v) is 15.1. The van der Waals surface area contributed by atoms with Crippen LogP contribution >= 0.6 is 0 Å². The summed E-state index contributed by atoms with van der Waals surface area (Å²) in [6, 6.07) is 0. The molecule has 0 spiro atoms. The van der Waals surface area contributed by atoms with E-state index in [1.807, 2.05) is 0 Å². The molecule has 2 nitrogen and oxygen atoms in total. The predicted molar refractivity (Wildman–Crippen MR) is 210 cm³/mol. The minimum absolute atomic E-state index is 0.939. The fourth-order valence-corrected chi connectivity index (χ4v) is 7.03. The summed E-state index contributed by atoms with van der Waals surface area (Å²) >= 11 is 0. The van der Waals surface area contributed by atoms with Crippen LogP contribution in [-0.4, -0.2) is 37.7 Å². The molecular formula is C44H91NO. The van der Waals surface area contributed by atoms with Crippen molar-refractivity contribution in [2.45, 2.75) is 252 Å². The topological polar surface area (TPSA) is 12.5 Å². The summed E-state index contributed by atoms with van der Waals surface area (Å²) in [6.07, 6.45) is 51.5. The smallest absolute Gasteiger partial charge is 0.0593 e. The largest absolute Gasteiger partial charge is 0.380 e. The zero-order valence-electron chi connectivity index (χ0n) is 32.8. The van der Waals surface area contributed by atoms with E-state index >= 15 is 0 Å². The molecule has 0 bridgehead atoms. The lowest BCUT2D eigenvalue weighted by atomic mass is 10.0. The molecule has 0 aliphatic rings. The van der Waals surface area contributed by atoms with Crippen LogP contribution in [0.15, 0.2) is 0 Å². The zero-order chi connectivity index (χ0) is 33.3. The maximum Gasteiger partial charge on any atom is 0.0593 e. The molecule has 2 heteroatoms. The Morgan fingerprint density at radius 1 is 0.239 bits per heavy atom. The van der Waals surface area contributed by atoms with Gasteiger partial charge in [0.15, 0.2) is 0 Å². The van der Waals surface area contributed by atoms with E-state index < -0.39 is 0 Å². The van der Waals surface area contributed by atoms with Gasteiger partial charge in [-0.2, -0.15) is 0 Å². The number of hydrogen-bond acceptors (Lipinski definition) is 2. The molecule has 0 unspecified atom stereocenters. The van der Waals surface area contributed by atoms with E-state index in [0.717, 1.165) is 19.8 Å². The van der Waals surface area contributed by atoms with E-state index in [4.69, 9.17) is 4.74 Å². The Balaban J connectivity index is 3.90. The van der Waals surface area contributed by atoms with Gasteiger partial charge in [0.05, 0.1) is 6.61 Å². The van der Waals surface area contributed by atoms with Crippen LogP contribution in [0, 0.1) is 0 Å².